The van der Waals surface area contributed by atoms with Crippen LogP contribution in [0.1, 0.15) is 58.3 Å². The van der Waals surface area contributed by atoms with E-state index in [9.17, 15) is 19.5 Å². The Hall–Kier alpha value is -3.37. The van der Waals surface area contributed by atoms with Gasteiger partial charge in [-0.15, -0.1) is 0 Å². The molecule has 2 aromatic heterocycles. The van der Waals surface area contributed by atoms with Gasteiger partial charge in [0.05, 0.1) is 16.2 Å². The van der Waals surface area contributed by atoms with Crippen molar-refractivity contribution in [1.29, 1.82) is 0 Å². The number of nitrogens with zero attached hydrogens (tertiary/aromatic N) is 3. The van der Waals surface area contributed by atoms with Crippen LogP contribution < -0.4 is 16.2 Å². The molecule has 1 aliphatic rings. The number of halogens is 2. The Morgan fingerprint density at radius 1 is 1.21 bits per heavy atom. The molecule has 0 spiro atoms. The van der Waals surface area contributed by atoms with Crippen molar-refractivity contribution >= 4 is 40.7 Å². The molecule has 0 saturated heterocycles. The van der Waals surface area contributed by atoms with Crippen LogP contribution in [-0.2, 0) is 7.05 Å². The smallest absolute Gasteiger partial charge is 0.296 e. The van der Waals surface area contributed by atoms with Gasteiger partial charge >= 0.3 is 0 Å². The minimum Gasteiger partial charge on any atom is -0.501 e. The molecule has 3 aromatic rings. The summed E-state index contributed by atoms with van der Waals surface area (Å²) in [5, 5.41) is 19.9. The average molecular weight is 506 g/mol. The molecule has 10 nitrogen and oxygen atoms in total. The summed E-state index contributed by atoms with van der Waals surface area (Å²) in [6.07, 6.45) is 5.21. The van der Waals surface area contributed by atoms with E-state index >= 15 is 0 Å². The van der Waals surface area contributed by atoms with Gasteiger partial charge in [0.1, 0.15) is 17.8 Å². The van der Waals surface area contributed by atoms with Crippen LogP contribution in [0, 0.1) is 0 Å². The number of carbonyl (C=O) groups is 2. The van der Waals surface area contributed by atoms with Crippen molar-refractivity contribution in [2.24, 2.45) is 7.05 Å². The van der Waals surface area contributed by atoms with Gasteiger partial charge in [-0.25, -0.2) is 4.98 Å². The molecule has 0 aliphatic heterocycles. The topological polar surface area (TPSA) is 139 Å². The lowest BCUT2D eigenvalue weighted by molar-refractivity contribution is 0.0924. The minimum absolute atomic E-state index is 0.180. The summed E-state index contributed by atoms with van der Waals surface area (Å²) in [6.45, 7) is 0. The summed E-state index contributed by atoms with van der Waals surface area (Å²) in [4.78, 5) is 42.3. The van der Waals surface area contributed by atoms with Gasteiger partial charge in [-0.3, -0.25) is 19.0 Å². The van der Waals surface area contributed by atoms with Crippen LogP contribution in [0.3, 0.4) is 0 Å². The van der Waals surface area contributed by atoms with Crippen molar-refractivity contribution < 1.29 is 19.2 Å². The molecule has 178 valence electrons. The lowest BCUT2D eigenvalue weighted by Gasteiger charge is -2.30. The molecule has 4 rings (SSSR count). The Balaban J connectivity index is 1.54. The molecule has 12 heteroatoms. The molecule has 0 bridgehead atoms. The van der Waals surface area contributed by atoms with Crippen molar-refractivity contribution in [3.63, 3.8) is 0 Å². The van der Waals surface area contributed by atoms with E-state index in [2.05, 4.69) is 25.3 Å². The Labute approximate surface area is 203 Å². The number of aromatic hydroxyl groups is 1. The number of nitrogens with one attached hydrogen (secondary N) is 2. The van der Waals surface area contributed by atoms with E-state index in [1.165, 1.54) is 30.1 Å². The van der Waals surface area contributed by atoms with Crippen LogP contribution in [-0.4, -0.2) is 37.7 Å². The first-order chi connectivity index (χ1) is 16.2. The molecule has 0 radical (unpaired) electrons. The quantitative estimate of drug-likeness (QED) is 0.481. The summed E-state index contributed by atoms with van der Waals surface area (Å²) < 4.78 is 5.90. The third-order valence-electron chi connectivity index (χ3n) is 5.76. The van der Waals surface area contributed by atoms with Gasteiger partial charge < -0.3 is 20.3 Å². The molecule has 3 N–H and O–H groups in total. The third kappa shape index (κ3) is 4.92. The standard InChI is InChI=1S/C22H21Cl2N5O5/c1-29-19(28-17(18(30)22(29)33)21(32)27-14-9-25-34-10-14)11-3-2-4-13(7-11)26-20(31)12-5-6-15(23)16(24)8-12/h5-6,8-11,13,30H,2-4,7H2,1H3,(H,26,31)(H,27,32)/t11-,13+/m0/s1. The molecule has 1 saturated carbocycles. The largest absolute Gasteiger partial charge is 0.501 e. The Morgan fingerprint density at radius 3 is 2.71 bits per heavy atom. The second-order valence-electron chi connectivity index (χ2n) is 8.06. The molecule has 0 unspecified atom stereocenters. The maximum Gasteiger partial charge on any atom is 0.296 e. The van der Waals surface area contributed by atoms with Gasteiger partial charge in [-0.05, 0) is 37.5 Å². The average Bonchev–Trinajstić information content (AvgIpc) is 3.32. The van der Waals surface area contributed by atoms with E-state index < -0.39 is 17.2 Å². The highest BCUT2D eigenvalue weighted by atomic mass is 35.5. The van der Waals surface area contributed by atoms with E-state index in [1.54, 1.807) is 12.1 Å². The van der Waals surface area contributed by atoms with Gasteiger partial charge in [0.2, 0.25) is 5.75 Å². The zero-order chi connectivity index (χ0) is 24.4. The number of carbonyl (C=O) groups excluding carboxylic acids is 2. The highest BCUT2D eigenvalue weighted by Gasteiger charge is 2.30. The fourth-order valence-electron chi connectivity index (χ4n) is 4.05. The Kier molecular flexibility index (Phi) is 6.90. The van der Waals surface area contributed by atoms with E-state index in [-0.39, 0.29) is 34.3 Å². The third-order valence-corrected chi connectivity index (χ3v) is 6.50. The molecule has 2 atom stereocenters. The number of hydrogen-bond acceptors (Lipinski definition) is 7. The van der Waals surface area contributed by atoms with E-state index in [1.807, 2.05) is 0 Å². The Bertz CT molecular complexity index is 1290. The molecule has 1 aliphatic carbocycles. The predicted molar refractivity (Wildman–Crippen MR) is 125 cm³/mol. The first-order valence-electron chi connectivity index (χ1n) is 10.5. The minimum atomic E-state index is -0.764. The molecule has 2 heterocycles. The number of benzene rings is 1. The second-order valence-corrected chi connectivity index (χ2v) is 8.88. The molecule has 2 amide bonds. The molecular weight excluding hydrogens is 485 g/mol. The summed E-state index contributed by atoms with van der Waals surface area (Å²) >= 11 is 11.9. The SMILES string of the molecule is Cn1c([C@H]2CCC[C@@H](NC(=O)c3ccc(Cl)c(Cl)c3)C2)nc(C(=O)Nc2cnoc2)c(O)c1=O. The monoisotopic (exact) mass is 505 g/mol. The number of anilines is 1. The zero-order valence-corrected chi connectivity index (χ0v) is 19.6. The summed E-state index contributed by atoms with van der Waals surface area (Å²) in [5.74, 6) is -1.66. The highest BCUT2D eigenvalue weighted by molar-refractivity contribution is 6.42. The lowest BCUT2D eigenvalue weighted by Crippen LogP contribution is -2.39. The van der Waals surface area contributed by atoms with Crippen LogP contribution in [0.2, 0.25) is 10.0 Å². The van der Waals surface area contributed by atoms with Crippen molar-refractivity contribution in [2.45, 2.75) is 37.6 Å². The van der Waals surface area contributed by atoms with E-state index in [4.69, 9.17) is 23.2 Å². The number of amides is 2. The van der Waals surface area contributed by atoms with Crippen molar-refractivity contribution in [3.05, 3.63) is 68.1 Å². The van der Waals surface area contributed by atoms with Gasteiger partial charge in [0.25, 0.3) is 17.4 Å². The van der Waals surface area contributed by atoms with Crippen LogP contribution in [0.25, 0.3) is 0 Å². The van der Waals surface area contributed by atoms with E-state index in [0.29, 0.717) is 29.3 Å². The molecule has 1 fully saturated rings. The van der Waals surface area contributed by atoms with Gasteiger partial charge in [0.15, 0.2) is 5.69 Å². The molecular formula is C22H21Cl2N5O5. The van der Waals surface area contributed by atoms with Gasteiger partial charge in [-0.1, -0.05) is 34.8 Å². The van der Waals surface area contributed by atoms with Crippen LogP contribution in [0.5, 0.6) is 5.75 Å². The zero-order valence-electron chi connectivity index (χ0n) is 18.0. The first-order valence-corrected chi connectivity index (χ1v) is 11.3. The van der Waals surface area contributed by atoms with Crippen LogP contribution >= 0.6 is 23.2 Å². The fourth-order valence-corrected chi connectivity index (χ4v) is 4.35. The molecule has 34 heavy (non-hydrogen) atoms. The van der Waals surface area contributed by atoms with Crippen molar-refractivity contribution in [2.75, 3.05) is 5.32 Å². The maximum absolute atomic E-state index is 12.7. The highest BCUT2D eigenvalue weighted by Crippen LogP contribution is 2.32. The van der Waals surface area contributed by atoms with Crippen molar-refractivity contribution in [1.82, 2.24) is 20.0 Å². The maximum atomic E-state index is 12.7. The summed E-state index contributed by atoms with van der Waals surface area (Å²) in [6, 6.07) is 4.48. The lowest BCUT2D eigenvalue weighted by atomic mass is 9.84. The van der Waals surface area contributed by atoms with Crippen LogP contribution in [0.4, 0.5) is 5.69 Å². The predicted octanol–water partition coefficient (Wildman–Crippen LogP) is 3.49. The van der Waals surface area contributed by atoms with Crippen molar-refractivity contribution in [3.8, 4) is 5.75 Å². The first kappa shape index (κ1) is 23.8. The summed E-state index contributed by atoms with van der Waals surface area (Å²) in [7, 11) is 1.49. The number of aromatic nitrogens is 3. The number of rotatable bonds is 5. The Morgan fingerprint density at radius 2 is 2.00 bits per heavy atom. The second kappa shape index (κ2) is 9.86. The normalized spacial score (nSPS) is 17.9. The van der Waals surface area contributed by atoms with Crippen LogP contribution in [0.15, 0.2) is 40.0 Å². The molecule has 1 aromatic carbocycles. The van der Waals surface area contributed by atoms with Gasteiger partial charge in [-0.2, -0.15) is 0 Å². The van der Waals surface area contributed by atoms with E-state index in [0.717, 1.165) is 12.8 Å². The summed E-state index contributed by atoms with van der Waals surface area (Å²) in [5.41, 5.74) is -0.473. The van der Waals surface area contributed by atoms with Gasteiger partial charge in [0, 0.05) is 24.6 Å². The fraction of sp³-hybridized carbons (Fsp3) is 0.318. The number of hydrogen-bond donors (Lipinski definition) is 3.